The molecule has 1 amide bonds. The number of thiophene rings is 1. The van der Waals surface area contributed by atoms with Crippen molar-refractivity contribution in [1.82, 2.24) is 5.32 Å². The van der Waals surface area contributed by atoms with Gasteiger partial charge in [0.15, 0.2) is 0 Å². The molecule has 0 bridgehead atoms. The molecule has 0 aromatic carbocycles. The second-order valence-corrected chi connectivity index (χ2v) is 4.40. The molecular weight excluding hydrogens is 224 g/mol. The number of nitrogens with two attached hydrogens (primary N) is 1. The molecule has 0 aliphatic rings. The molecule has 1 rings (SSSR count). The fraction of sp³-hybridized carbons (Fsp3) is 0.545. The number of aryl methyl sites for hydroxylation is 1. The van der Waals surface area contributed by atoms with Crippen LogP contribution in [-0.2, 0) is 16.1 Å². The number of carbonyl (C=O) groups excluding carboxylic acids is 1. The Balaban J connectivity index is 2.33. The third-order valence-electron chi connectivity index (χ3n) is 2.45. The molecule has 90 valence electrons. The Morgan fingerprint density at radius 2 is 2.38 bits per heavy atom. The minimum Gasteiger partial charge on any atom is -0.380 e. The molecule has 0 saturated heterocycles. The fourth-order valence-corrected chi connectivity index (χ4v) is 2.16. The van der Waals surface area contributed by atoms with Gasteiger partial charge in [0.2, 0.25) is 5.91 Å². The standard InChI is InChI=1S/C11H18N2O2S/c1-8-6-16-7-9(8)5-13-11(14)3-10(4-12)15-2/h6-7,10H,3-5,12H2,1-2H3,(H,13,14). The summed E-state index contributed by atoms with van der Waals surface area (Å²) in [4.78, 5) is 11.5. The van der Waals surface area contributed by atoms with Crippen LogP contribution in [-0.4, -0.2) is 25.7 Å². The van der Waals surface area contributed by atoms with E-state index < -0.39 is 0 Å². The van der Waals surface area contributed by atoms with Crippen molar-refractivity contribution in [3.05, 3.63) is 21.9 Å². The molecule has 4 nitrogen and oxygen atoms in total. The van der Waals surface area contributed by atoms with E-state index in [0.29, 0.717) is 19.5 Å². The first kappa shape index (κ1) is 13.2. The molecule has 5 heteroatoms. The molecule has 0 aliphatic heterocycles. The summed E-state index contributed by atoms with van der Waals surface area (Å²) in [6, 6.07) is 0. The molecule has 0 aliphatic carbocycles. The van der Waals surface area contributed by atoms with Gasteiger partial charge in [-0.2, -0.15) is 11.3 Å². The van der Waals surface area contributed by atoms with Gasteiger partial charge in [-0.15, -0.1) is 0 Å². The number of amides is 1. The topological polar surface area (TPSA) is 64.3 Å². The second-order valence-electron chi connectivity index (χ2n) is 3.65. The van der Waals surface area contributed by atoms with Crippen molar-refractivity contribution >= 4 is 17.2 Å². The molecular formula is C11H18N2O2S. The number of ether oxygens (including phenoxy) is 1. The van der Waals surface area contributed by atoms with Crippen LogP contribution in [0.2, 0.25) is 0 Å². The van der Waals surface area contributed by atoms with Crippen LogP contribution in [0.25, 0.3) is 0 Å². The minimum atomic E-state index is -0.191. The van der Waals surface area contributed by atoms with Gasteiger partial charge < -0.3 is 15.8 Å². The number of rotatable bonds is 6. The highest BCUT2D eigenvalue weighted by atomic mass is 32.1. The summed E-state index contributed by atoms with van der Waals surface area (Å²) in [5, 5.41) is 6.97. The van der Waals surface area contributed by atoms with E-state index in [2.05, 4.69) is 10.7 Å². The zero-order chi connectivity index (χ0) is 12.0. The number of hydrogen-bond donors (Lipinski definition) is 2. The van der Waals surface area contributed by atoms with Crippen LogP contribution in [0.3, 0.4) is 0 Å². The normalized spacial score (nSPS) is 12.4. The van der Waals surface area contributed by atoms with E-state index in [1.807, 2.05) is 12.3 Å². The van der Waals surface area contributed by atoms with Crippen molar-refractivity contribution < 1.29 is 9.53 Å². The molecule has 1 heterocycles. The lowest BCUT2D eigenvalue weighted by molar-refractivity contribution is -0.123. The lowest BCUT2D eigenvalue weighted by Gasteiger charge is -2.12. The van der Waals surface area contributed by atoms with E-state index in [1.165, 1.54) is 11.1 Å². The summed E-state index contributed by atoms with van der Waals surface area (Å²) < 4.78 is 5.05. The highest BCUT2D eigenvalue weighted by molar-refractivity contribution is 7.08. The van der Waals surface area contributed by atoms with Crippen molar-refractivity contribution in [2.75, 3.05) is 13.7 Å². The highest BCUT2D eigenvalue weighted by Crippen LogP contribution is 2.13. The van der Waals surface area contributed by atoms with Gasteiger partial charge in [0.1, 0.15) is 0 Å². The Bertz CT molecular complexity index is 334. The molecule has 1 aromatic rings. The summed E-state index contributed by atoms with van der Waals surface area (Å²) in [5.74, 6) is -0.0251. The molecule has 0 spiro atoms. The SMILES string of the molecule is COC(CN)CC(=O)NCc1cscc1C. The lowest BCUT2D eigenvalue weighted by atomic mass is 10.2. The Kier molecular flexibility index (Phi) is 5.45. The Morgan fingerprint density at radius 3 is 2.88 bits per heavy atom. The van der Waals surface area contributed by atoms with Crippen molar-refractivity contribution in [2.24, 2.45) is 5.73 Å². The molecule has 0 radical (unpaired) electrons. The maximum Gasteiger partial charge on any atom is 0.222 e. The van der Waals surface area contributed by atoms with Gasteiger partial charge >= 0.3 is 0 Å². The summed E-state index contributed by atoms with van der Waals surface area (Å²) in [6.07, 6.45) is 0.125. The van der Waals surface area contributed by atoms with Crippen molar-refractivity contribution in [2.45, 2.75) is 26.0 Å². The first-order valence-corrected chi connectivity index (χ1v) is 6.13. The smallest absolute Gasteiger partial charge is 0.222 e. The van der Waals surface area contributed by atoms with E-state index in [1.54, 1.807) is 18.4 Å². The molecule has 0 saturated carbocycles. The van der Waals surface area contributed by atoms with E-state index in [0.717, 1.165) is 0 Å². The summed E-state index contributed by atoms with van der Waals surface area (Å²) in [5.41, 5.74) is 7.83. The third kappa shape index (κ3) is 3.92. The fourth-order valence-electron chi connectivity index (χ4n) is 1.30. The molecule has 3 N–H and O–H groups in total. The van der Waals surface area contributed by atoms with Crippen LogP contribution in [0.1, 0.15) is 17.5 Å². The van der Waals surface area contributed by atoms with Crippen molar-refractivity contribution in [1.29, 1.82) is 0 Å². The average Bonchev–Trinajstić information content (AvgIpc) is 2.69. The maximum atomic E-state index is 11.5. The van der Waals surface area contributed by atoms with E-state index in [4.69, 9.17) is 10.5 Å². The zero-order valence-corrected chi connectivity index (χ0v) is 10.5. The van der Waals surface area contributed by atoms with Gasteiger partial charge in [0.05, 0.1) is 12.5 Å². The summed E-state index contributed by atoms with van der Waals surface area (Å²) in [7, 11) is 1.56. The molecule has 1 unspecified atom stereocenters. The van der Waals surface area contributed by atoms with Crippen LogP contribution in [0, 0.1) is 6.92 Å². The van der Waals surface area contributed by atoms with Crippen molar-refractivity contribution in [3.8, 4) is 0 Å². The van der Waals surface area contributed by atoms with Crippen molar-refractivity contribution in [3.63, 3.8) is 0 Å². The Hall–Kier alpha value is -0.910. The number of methoxy groups -OCH3 is 1. The quantitative estimate of drug-likeness (QED) is 0.783. The second kappa shape index (κ2) is 6.62. The summed E-state index contributed by atoms with van der Waals surface area (Å²) >= 11 is 1.64. The van der Waals surface area contributed by atoms with Crippen LogP contribution < -0.4 is 11.1 Å². The predicted octanol–water partition coefficient (Wildman–Crippen LogP) is 1.04. The van der Waals surface area contributed by atoms with E-state index in [-0.39, 0.29) is 12.0 Å². The largest absolute Gasteiger partial charge is 0.380 e. The monoisotopic (exact) mass is 242 g/mol. The molecule has 0 fully saturated rings. The molecule has 16 heavy (non-hydrogen) atoms. The van der Waals surface area contributed by atoms with Gasteiger partial charge in [-0.25, -0.2) is 0 Å². The lowest BCUT2D eigenvalue weighted by Crippen LogP contribution is -2.31. The Labute approximate surface area is 99.8 Å². The Morgan fingerprint density at radius 1 is 1.62 bits per heavy atom. The van der Waals surface area contributed by atoms with E-state index >= 15 is 0 Å². The molecule has 1 aromatic heterocycles. The first-order chi connectivity index (χ1) is 7.67. The highest BCUT2D eigenvalue weighted by Gasteiger charge is 2.11. The van der Waals surface area contributed by atoms with Crippen LogP contribution in [0.5, 0.6) is 0 Å². The van der Waals surface area contributed by atoms with Gasteiger partial charge in [0.25, 0.3) is 0 Å². The molecule has 1 atom stereocenters. The number of hydrogen-bond acceptors (Lipinski definition) is 4. The first-order valence-electron chi connectivity index (χ1n) is 5.18. The predicted molar refractivity (Wildman–Crippen MR) is 65.4 cm³/mol. The summed E-state index contributed by atoms with van der Waals surface area (Å²) in [6.45, 7) is 2.98. The third-order valence-corrected chi connectivity index (χ3v) is 3.36. The van der Waals surface area contributed by atoms with Gasteiger partial charge in [-0.3, -0.25) is 4.79 Å². The zero-order valence-electron chi connectivity index (χ0n) is 9.66. The van der Waals surface area contributed by atoms with Gasteiger partial charge in [-0.05, 0) is 28.8 Å². The minimum absolute atomic E-state index is 0.0251. The van der Waals surface area contributed by atoms with Gasteiger partial charge in [0, 0.05) is 20.2 Å². The van der Waals surface area contributed by atoms with E-state index in [9.17, 15) is 4.79 Å². The average molecular weight is 242 g/mol. The number of nitrogens with one attached hydrogen (secondary N) is 1. The van der Waals surface area contributed by atoms with Gasteiger partial charge in [-0.1, -0.05) is 0 Å². The van der Waals surface area contributed by atoms with Crippen LogP contribution in [0.4, 0.5) is 0 Å². The van der Waals surface area contributed by atoms with Crippen LogP contribution >= 0.6 is 11.3 Å². The number of carbonyl (C=O) groups is 1. The maximum absolute atomic E-state index is 11.5. The van der Waals surface area contributed by atoms with Crippen LogP contribution in [0.15, 0.2) is 10.8 Å².